The lowest BCUT2D eigenvalue weighted by molar-refractivity contribution is 0.0631. The number of hydrogen-bond acceptors (Lipinski definition) is 6. The van der Waals surface area contributed by atoms with Crippen LogP contribution in [0.15, 0.2) is 22.7 Å². The summed E-state index contributed by atoms with van der Waals surface area (Å²) in [5.74, 6) is 1.43. The predicted molar refractivity (Wildman–Crippen MR) is 89.8 cm³/mol. The Balaban J connectivity index is 1.61. The van der Waals surface area contributed by atoms with Crippen molar-refractivity contribution >= 4 is 11.7 Å². The van der Waals surface area contributed by atoms with Crippen LogP contribution in [0.5, 0.6) is 0 Å². The Morgan fingerprint density at radius 3 is 2.92 bits per heavy atom. The molecule has 1 amide bonds. The van der Waals surface area contributed by atoms with Gasteiger partial charge in [-0.25, -0.2) is 0 Å². The third-order valence-electron chi connectivity index (χ3n) is 4.41. The topological polar surface area (TPSA) is 84.2 Å². The molecule has 0 saturated carbocycles. The molecule has 1 saturated heterocycles. The quantitative estimate of drug-likeness (QED) is 0.905. The van der Waals surface area contributed by atoms with Gasteiger partial charge in [-0.2, -0.15) is 5.10 Å². The molecule has 0 radical (unpaired) electrons. The molecule has 1 aliphatic heterocycles. The maximum Gasteiger partial charge on any atom is 0.292 e. The van der Waals surface area contributed by atoms with E-state index >= 15 is 0 Å². The number of rotatable bonds is 5. The number of anilines is 1. The van der Waals surface area contributed by atoms with Crippen molar-refractivity contribution in [1.29, 1.82) is 0 Å². The summed E-state index contributed by atoms with van der Waals surface area (Å²) in [4.78, 5) is 14.4. The minimum atomic E-state index is -0.0662. The van der Waals surface area contributed by atoms with Crippen LogP contribution in [0.25, 0.3) is 0 Å². The molecular weight excluding hydrogens is 306 g/mol. The lowest BCUT2D eigenvalue weighted by Crippen LogP contribution is -2.40. The van der Waals surface area contributed by atoms with Crippen LogP contribution in [0.4, 0.5) is 5.82 Å². The van der Waals surface area contributed by atoms with Gasteiger partial charge in [-0.3, -0.25) is 4.79 Å². The third kappa shape index (κ3) is 3.72. The van der Waals surface area contributed by atoms with Crippen LogP contribution in [0.1, 0.15) is 41.7 Å². The highest BCUT2D eigenvalue weighted by atomic mass is 16.5. The van der Waals surface area contributed by atoms with Crippen molar-refractivity contribution in [3.8, 4) is 0 Å². The van der Waals surface area contributed by atoms with Gasteiger partial charge in [-0.15, -0.1) is 5.10 Å². The Morgan fingerprint density at radius 1 is 1.38 bits per heavy atom. The Labute approximate surface area is 141 Å². The lowest BCUT2D eigenvalue weighted by atomic mass is 9.93. The summed E-state index contributed by atoms with van der Waals surface area (Å²) >= 11 is 0. The Kier molecular flexibility index (Phi) is 5.08. The van der Waals surface area contributed by atoms with E-state index in [2.05, 4.69) is 20.7 Å². The summed E-state index contributed by atoms with van der Waals surface area (Å²) in [6.07, 6.45) is 3.68. The van der Waals surface area contributed by atoms with Gasteiger partial charge >= 0.3 is 0 Å². The van der Waals surface area contributed by atoms with E-state index in [9.17, 15) is 4.79 Å². The molecular formula is C17H23N5O2. The third-order valence-corrected chi connectivity index (χ3v) is 4.41. The normalized spacial score (nSPS) is 17.8. The molecule has 7 heteroatoms. The number of piperidine rings is 1. The average Bonchev–Trinajstić information content (AvgIpc) is 3.11. The number of hydrogen-bond donors (Lipinski definition) is 1. The number of nitrogens with one attached hydrogen (secondary N) is 1. The molecule has 0 aromatic carbocycles. The largest absolute Gasteiger partial charge is 0.372 e. The average molecular weight is 329 g/mol. The Morgan fingerprint density at radius 2 is 2.25 bits per heavy atom. The van der Waals surface area contributed by atoms with E-state index in [0.717, 1.165) is 56.0 Å². The molecule has 0 bridgehead atoms. The Bertz CT molecular complexity index is 683. The van der Waals surface area contributed by atoms with Gasteiger partial charge in [0.25, 0.3) is 5.91 Å². The fourth-order valence-electron chi connectivity index (χ4n) is 3.05. The van der Waals surface area contributed by atoms with Gasteiger partial charge in [0.15, 0.2) is 0 Å². The molecule has 128 valence electrons. The van der Waals surface area contributed by atoms with Gasteiger partial charge in [0.05, 0.1) is 11.4 Å². The van der Waals surface area contributed by atoms with Crippen LogP contribution in [-0.4, -0.2) is 46.3 Å². The van der Waals surface area contributed by atoms with Gasteiger partial charge < -0.3 is 14.7 Å². The van der Waals surface area contributed by atoms with E-state index in [1.807, 2.05) is 31.0 Å². The van der Waals surface area contributed by atoms with Gasteiger partial charge in [0, 0.05) is 26.2 Å². The van der Waals surface area contributed by atoms with E-state index in [1.165, 1.54) is 0 Å². The van der Waals surface area contributed by atoms with Crippen molar-refractivity contribution in [3.63, 3.8) is 0 Å². The van der Waals surface area contributed by atoms with Crippen LogP contribution < -0.4 is 5.32 Å². The second kappa shape index (κ2) is 7.42. The van der Waals surface area contributed by atoms with Crippen LogP contribution in [0.3, 0.4) is 0 Å². The molecule has 2 aromatic heterocycles. The highest BCUT2D eigenvalue weighted by molar-refractivity contribution is 5.91. The van der Waals surface area contributed by atoms with E-state index < -0.39 is 0 Å². The number of nitrogens with zero attached hydrogens (tertiary/aromatic N) is 4. The second-order valence-electron chi connectivity index (χ2n) is 6.16. The predicted octanol–water partition coefficient (Wildman–Crippen LogP) is 2.16. The molecule has 3 rings (SSSR count). The summed E-state index contributed by atoms with van der Waals surface area (Å²) in [6, 6.07) is 5.66. The van der Waals surface area contributed by atoms with Crippen LogP contribution >= 0.6 is 0 Å². The number of aryl methyl sites for hydroxylation is 1. The van der Waals surface area contributed by atoms with Crippen molar-refractivity contribution in [2.75, 3.05) is 25.5 Å². The fourth-order valence-corrected chi connectivity index (χ4v) is 3.05. The summed E-state index contributed by atoms with van der Waals surface area (Å²) < 4.78 is 5.18. The Hall–Kier alpha value is -2.44. The SMILES string of the molecule is CCc1cc(C(=O)N2CCC[C@@H](Cc3ccc(NC)nn3)C2)on1. The maximum absolute atomic E-state index is 12.6. The number of amides is 1. The van der Waals surface area contributed by atoms with Crippen LogP contribution in [0, 0.1) is 5.92 Å². The van der Waals surface area contributed by atoms with Crippen molar-refractivity contribution in [1.82, 2.24) is 20.3 Å². The van der Waals surface area contributed by atoms with Crippen LogP contribution in [0.2, 0.25) is 0 Å². The maximum atomic E-state index is 12.6. The van der Waals surface area contributed by atoms with E-state index in [1.54, 1.807) is 6.07 Å². The zero-order valence-electron chi connectivity index (χ0n) is 14.2. The molecule has 7 nitrogen and oxygen atoms in total. The first kappa shape index (κ1) is 16.4. The minimum Gasteiger partial charge on any atom is -0.372 e. The molecule has 0 aliphatic carbocycles. The van der Waals surface area contributed by atoms with Crippen LogP contribution in [-0.2, 0) is 12.8 Å². The van der Waals surface area contributed by atoms with Gasteiger partial charge in [0.2, 0.25) is 5.76 Å². The zero-order valence-corrected chi connectivity index (χ0v) is 14.2. The van der Waals surface area contributed by atoms with Crippen molar-refractivity contribution in [2.24, 2.45) is 5.92 Å². The summed E-state index contributed by atoms with van der Waals surface area (Å²) in [5.41, 5.74) is 1.77. The minimum absolute atomic E-state index is 0.0662. The fraction of sp³-hybridized carbons (Fsp3) is 0.529. The lowest BCUT2D eigenvalue weighted by Gasteiger charge is -2.31. The van der Waals surface area contributed by atoms with Gasteiger partial charge in [-0.1, -0.05) is 12.1 Å². The first-order valence-electron chi connectivity index (χ1n) is 8.44. The van der Waals surface area contributed by atoms with E-state index in [4.69, 9.17) is 4.52 Å². The van der Waals surface area contributed by atoms with E-state index in [-0.39, 0.29) is 5.91 Å². The van der Waals surface area contributed by atoms with E-state index in [0.29, 0.717) is 11.7 Å². The number of aromatic nitrogens is 3. The molecule has 1 atom stereocenters. The highest BCUT2D eigenvalue weighted by Gasteiger charge is 2.27. The molecule has 3 heterocycles. The first-order chi connectivity index (χ1) is 11.7. The summed E-state index contributed by atoms with van der Waals surface area (Å²) in [6.45, 7) is 3.47. The number of likely N-dealkylation sites (tertiary alicyclic amines) is 1. The number of carbonyl (C=O) groups is 1. The molecule has 2 aromatic rings. The monoisotopic (exact) mass is 329 g/mol. The van der Waals surface area contributed by atoms with Crippen molar-refractivity contribution in [3.05, 3.63) is 35.3 Å². The smallest absolute Gasteiger partial charge is 0.292 e. The molecule has 1 fully saturated rings. The zero-order chi connectivity index (χ0) is 16.9. The van der Waals surface area contributed by atoms with Crippen molar-refractivity contribution in [2.45, 2.75) is 32.6 Å². The summed E-state index contributed by atoms with van der Waals surface area (Å²) in [7, 11) is 1.82. The molecule has 1 N–H and O–H groups in total. The molecule has 24 heavy (non-hydrogen) atoms. The number of carbonyl (C=O) groups excluding carboxylic acids is 1. The molecule has 1 aliphatic rings. The summed E-state index contributed by atoms with van der Waals surface area (Å²) in [5, 5.41) is 15.2. The molecule has 0 unspecified atom stereocenters. The standard InChI is InChI=1S/C17H23N5O2/c1-3-13-10-15(24-21-13)17(23)22-8-4-5-12(11-22)9-14-6-7-16(18-2)20-19-14/h6-7,10,12H,3-5,8-9,11H2,1-2H3,(H,18,20)/t12-/m0/s1. The first-order valence-corrected chi connectivity index (χ1v) is 8.44. The van der Waals surface area contributed by atoms with Crippen molar-refractivity contribution < 1.29 is 9.32 Å². The highest BCUT2D eigenvalue weighted by Crippen LogP contribution is 2.22. The van der Waals surface area contributed by atoms with Gasteiger partial charge in [0.1, 0.15) is 5.82 Å². The second-order valence-corrected chi connectivity index (χ2v) is 6.16. The van der Waals surface area contributed by atoms with Gasteiger partial charge in [-0.05, 0) is 43.7 Å². The molecule has 0 spiro atoms.